The number of pyridine rings is 1. The van der Waals surface area contributed by atoms with E-state index < -0.39 is 4.92 Å². The van der Waals surface area contributed by atoms with Gasteiger partial charge in [0.05, 0.1) is 16.8 Å². The topological polar surface area (TPSA) is 85.1 Å². The molecule has 20 heavy (non-hydrogen) atoms. The number of nitro benzene ring substituents is 1. The van der Waals surface area contributed by atoms with Crippen molar-refractivity contribution in [1.82, 2.24) is 4.98 Å². The van der Waals surface area contributed by atoms with E-state index in [1.807, 2.05) is 0 Å². The Labute approximate surface area is 114 Å². The summed E-state index contributed by atoms with van der Waals surface area (Å²) in [5.74, 6) is -0.329. The summed E-state index contributed by atoms with van der Waals surface area (Å²) in [7, 11) is 0. The summed E-state index contributed by atoms with van der Waals surface area (Å²) in [6.07, 6.45) is 5.96. The molecule has 6 heteroatoms. The first-order valence-electron chi connectivity index (χ1n) is 5.79. The first-order chi connectivity index (χ1) is 9.65. The maximum Gasteiger partial charge on any atom is 0.270 e. The zero-order valence-corrected chi connectivity index (χ0v) is 10.4. The van der Waals surface area contributed by atoms with E-state index in [2.05, 4.69) is 10.3 Å². The molecule has 1 aromatic carbocycles. The van der Waals surface area contributed by atoms with Crippen molar-refractivity contribution in [3.8, 4) is 0 Å². The van der Waals surface area contributed by atoms with Crippen LogP contribution in [0.3, 0.4) is 0 Å². The Morgan fingerprint density at radius 1 is 1.30 bits per heavy atom. The average Bonchev–Trinajstić information content (AvgIpc) is 2.46. The molecule has 0 spiro atoms. The van der Waals surface area contributed by atoms with Crippen molar-refractivity contribution in [3.05, 3.63) is 70.5 Å². The van der Waals surface area contributed by atoms with Gasteiger partial charge in [-0.2, -0.15) is 0 Å². The summed E-state index contributed by atoms with van der Waals surface area (Å²) in [6.45, 7) is 0. The summed E-state index contributed by atoms with van der Waals surface area (Å²) >= 11 is 0. The predicted octanol–water partition coefficient (Wildman–Crippen LogP) is 2.64. The van der Waals surface area contributed by atoms with Gasteiger partial charge in [0.15, 0.2) is 0 Å². The third-order valence-electron chi connectivity index (χ3n) is 2.44. The molecule has 1 aromatic heterocycles. The summed E-state index contributed by atoms with van der Waals surface area (Å²) < 4.78 is 0. The first kappa shape index (κ1) is 13.4. The molecule has 0 saturated heterocycles. The molecule has 1 heterocycles. The van der Waals surface area contributed by atoms with E-state index in [1.165, 1.54) is 30.5 Å². The van der Waals surface area contributed by atoms with Crippen LogP contribution < -0.4 is 5.32 Å². The molecule has 2 aromatic rings. The lowest BCUT2D eigenvalue weighted by atomic mass is 10.2. The second-order valence-electron chi connectivity index (χ2n) is 3.92. The van der Waals surface area contributed by atoms with Gasteiger partial charge in [-0.1, -0.05) is 12.1 Å². The lowest BCUT2D eigenvalue weighted by Gasteiger charge is -2.00. The number of benzene rings is 1. The van der Waals surface area contributed by atoms with Crippen molar-refractivity contribution in [1.29, 1.82) is 0 Å². The first-order valence-corrected chi connectivity index (χ1v) is 5.79. The highest BCUT2D eigenvalue weighted by atomic mass is 16.6. The fourth-order valence-electron chi connectivity index (χ4n) is 1.53. The van der Waals surface area contributed by atoms with Crippen molar-refractivity contribution in [2.24, 2.45) is 0 Å². The molecule has 1 amide bonds. The van der Waals surface area contributed by atoms with Crippen LogP contribution in [-0.4, -0.2) is 15.8 Å². The minimum absolute atomic E-state index is 0.0141. The number of hydrogen-bond donors (Lipinski definition) is 1. The third-order valence-corrected chi connectivity index (χ3v) is 2.44. The number of amides is 1. The number of nitrogens with one attached hydrogen (secondary N) is 1. The van der Waals surface area contributed by atoms with E-state index in [0.29, 0.717) is 11.3 Å². The number of rotatable bonds is 4. The van der Waals surface area contributed by atoms with Crippen molar-refractivity contribution >= 4 is 23.4 Å². The summed E-state index contributed by atoms with van der Waals surface area (Å²) in [6, 6.07) is 9.46. The lowest BCUT2D eigenvalue weighted by molar-refractivity contribution is -0.384. The zero-order chi connectivity index (χ0) is 14.4. The molecule has 0 aliphatic rings. The van der Waals surface area contributed by atoms with Crippen molar-refractivity contribution in [2.45, 2.75) is 0 Å². The number of carbonyl (C=O) groups is 1. The molecule has 0 unspecified atom stereocenters. The number of non-ortho nitro benzene ring substituents is 1. The van der Waals surface area contributed by atoms with E-state index in [4.69, 9.17) is 0 Å². The largest absolute Gasteiger partial charge is 0.321 e. The number of hydrogen-bond acceptors (Lipinski definition) is 4. The van der Waals surface area contributed by atoms with Gasteiger partial charge in [-0.25, -0.2) is 0 Å². The van der Waals surface area contributed by atoms with Gasteiger partial charge in [-0.3, -0.25) is 19.9 Å². The Bertz CT molecular complexity index is 654. The molecular weight excluding hydrogens is 258 g/mol. The normalized spacial score (nSPS) is 10.4. The Morgan fingerprint density at radius 3 is 2.85 bits per heavy atom. The molecule has 1 N–H and O–H groups in total. The number of anilines is 1. The Hall–Kier alpha value is -3.02. The molecule has 2 rings (SSSR count). The van der Waals surface area contributed by atoms with Crippen molar-refractivity contribution in [3.63, 3.8) is 0 Å². The van der Waals surface area contributed by atoms with Gasteiger partial charge in [0.1, 0.15) is 0 Å². The molecule has 0 saturated carbocycles. The molecule has 0 fully saturated rings. The number of nitro groups is 1. The highest BCUT2D eigenvalue weighted by Gasteiger charge is 2.04. The molecule has 0 atom stereocenters. The van der Waals surface area contributed by atoms with Crippen LogP contribution in [0, 0.1) is 10.1 Å². The molecular formula is C14H11N3O3. The Balaban J connectivity index is 2.04. The van der Waals surface area contributed by atoms with Gasteiger partial charge >= 0.3 is 0 Å². The monoisotopic (exact) mass is 269 g/mol. The average molecular weight is 269 g/mol. The van der Waals surface area contributed by atoms with Crippen LogP contribution in [0.25, 0.3) is 6.08 Å². The zero-order valence-electron chi connectivity index (χ0n) is 10.4. The maximum absolute atomic E-state index is 11.6. The maximum atomic E-state index is 11.6. The quantitative estimate of drug-likeness (QED) is 0.525. The fraction of sp³-hybridized carbons (Fsp3) is 0. The van der Waals surface area contributed by atoms with E-state index >= 15 is 0 Å². The van der Waals surface area contributed by atoms with Crippen LogP contribution in [0.1, 0.15) is 5.56 Å². The van der Waals surface area contributed by atoms with Crippen LogP contribution in [0.5, 0.6) is 0 Å². The molecule has 6 nitrogen and oxygen atoms in total. The smallest absolute Gasteiger partial charge is 0.270 e. The number of nitrogens with zero attached hydrogens (tertiary/aromatic N) is 2. The van der Waals surface area contributed by atoms with E-state index in [-0.39, 0.29) is 11.6 Å². The SMILES string of the molecule is O=C(C=Cc1cccc([N+](=O)[O-])c1)Nc1cccnc1. The van der Waals surface area contributed by atoms with Crippen LogP contribution in [0.15, 0.2) is 54.9 Å². The standard InChI is InChI=1S/C14H11N3O3/c18-14(16-12-4-2-8-15-10-12)7-6-11-3-1-5-13(9-11)17(19)20/h1-10H,(H,16,18). The second kappa shape index (κ2) is 6.24. The van der Waals surface area contributed by atoms with Crippen LogP contribution in [-0.2, 0) is 4.79 Å². The molecule has 100 valence electrons. The minimum Gasteiger partial charge on any atom is -0.321 e. The van der Waals surface area contributed by atoms with E-state index in [1.54, 1.807) is 30.5 Å². The van der Waals surface area contributed by atoms with Crippen molar-refractivity contribution in [2.75, 3.05) is 5.32 Å². The van der Waals surface area contributed by atoms with Gasteiger partial charge < -0.3 is 5.32 Å². The molecule has 0 aliphatic heterocycles. The highest BCUT2D eigenvalue weighted by Crippen LogP contribution is 2.14. The fourth-order valence-corrected chi connectivity index (χ4v) is 1.53. The summed E-state index contributed by atoms with van der Waals surface area (Å²) in [5, 5.41) is 13.3. The van der Waals surface area contributed by atoms with E-state index in [9.17, 15) is 14.9 Å². The molecule has 0 bridgehead atoms. The molecule has 0 radical (unpaired) electrons. The Morgan fingerprint density at radius 2 is 2.15 bits per heavy atom. The summed E-state index contributed by atoms with van der Waals surface area (Å²) in [5.41, 5.74) is 1.15. The van der Waals surface area contributed by atoms with Gasteiger partial charge in [0.25, 0.3) is 5.69 Å². The van der Waals surface area contributed by atoms with Crippen LogP contribution >= 0.6 is 0 Å². The lowest BCUT2D eigenvalue weighted by Crippen LogP contribution is -2.07. The summed E-state index contributed by atoms with van der Waals surface area (Å²) in [4.78, 5) is 25.7. The van der Waals surface area contributed by atoms with Crippen molar-refractivity contribution < 1.29 is 9.72 Å². The van der Waals surface area contributed by atoms with E-state index in [0.717, 1.165) is 0 Å². The Kier molecular flexibility index (Phi) is 4.18. The second-order valence-corrected chi connectivity index (χ2v) is 3.92. The number of aromatic nitrogens is 1. The van der Waals surface area contributed by atoms with Gasteiger partial charge in [0.2, 0.25) is 5.91 Å². The van der Waals surface area contributed by atoms with Gasteiger partial charge in [0, 0.05) is 24.4 Å². The minimum atomic E-state index is -0.479. The van der Waals surface area contributed by atoms with Crippen LogP contribution in [0.4, 0.5) is 11.4 Å². The molecule has 0 aliphatic carbocycles. The van der Waals surface area contributed by atoms with Gasteiger partial charge in [-0.05, 0) is 23.8 Å². The highest BCUT2D eigenvalue weighted by molar-refractivity contribution is 6.01. The number of carbonyl (C=O) groups excluding carboxylic acids is 1. The third kappa shape index (κ3) is 3.74. The van der Waals surface area contributed by atoms with Gasteiger partial charge in [-0.15, -0.1) is 0 Å². The predicted molar refractivity (Wildman–Crippen MR) is 75.0 cm³/mol. The van der Waals surface area contributed by atoms with Crippen LogP contribution in [0.2, 0.25) is 0 Å².